The Morgan fingerprint density at radius 1 is 0.926 bits per heavy atom. The van der Waals surface area contributed by atoms with Crippen LogP contribution < -0.4 is 14.2 Å². The smallest absolute Gasteiger partial charge is 0.203 e. The second-order valence-electron chi connectivity index (χ2n) is 6.48. The van der Waals surface area contributed by atoms with Crippen molar-refractivity contribution in [1.82, 2.24) is 14.6 Å². The highest BCUT2D eigenvalue weighted by Crippen LogP contribution is 2.38. The summed E-state index contributed by atoms with van der Waals surface area (Å²) < 4.78 is 18.2. The highest BCUT2D eigenvalue weighted by Gasteiger charge is 2.14. The van der Waals surface area contributed by atoms with E-state index in [-0.39, 0.29) is 0 Å². The van der Waals surface area contributed by atoms with Gasteiger partial charge in [0.25, 0.3) is 0 Å². The molecule has 0 bridgehead atoms. The number of nitrogens with zero attached hydrogens (tertiary/aromatic N) is 3. The normalized spacial score (nSPS) is 11.0. The van der Waals surface area contributed by atoms with Gasteiger partial charge >= 0.3 is 0 Å². The van der Waals surface area contributed by atoms with Crippen LogP contribution in [-0.4, -0.2) is 35.9 Å². The van der Waals surface area contributed by atoms with Gasteiger partial charge in [0.05, 0.1) is 27.5 Å². The zero-order valence-electron chi connectivity index (χ0n) is 16.5. The van der Waals surface area contributed by atoms with Gasteiger partial charge in [-0.3, -0.25) is 0 Å². The number of benzene rings is 1. The number of hydrogen-bond donors (Lipinski definition) is 0. The minimum Gasteiger partial charge on any atom is -0.493 e. The van der Waals surface area contributed by atoms with E-state index in [0.29, 0.717) is 17.2 Å². The molecule has 1 aromatic carbocycles. The van der Waals surface area contributed by atoms with Crippen LogP contribution in [0, 0.1) is 0 Å². The third-order valence-corrected chi connectivity index (χ3v) is 4.67. The maximum absolute atomic E-state index is 5.46. The van der Waals surface area contributed by atoms with Gasteiger partial charge in [0, 0.05) is 17.5 Å². The van der Waals surface area contributed by atoms with Crippen LogP contribution in [0.4, 0.5) is 0 Å². The second kappa shape index (κ2) is 8.75. The number of aromatic nitrogens is 3. The van der Waals surface area contributed by atoms with Crippen LogP contribution in [-0.2, 0) is 19.3 Å². The number of aryl methyl sites for hydroxylation is 3. The van der Waals surface area contributed by atoms with Gasteiger partial charge < -0.3 is 14.2 Å². The molecule has 0 fully saturated rings. The molecular weight excluding hydrogens is 342 g/mol. The van der Waals surface area contributed by atoms with Crippen molar-refractivity contribution in [3.05, 3.63) is 47.4 Å². The van der Waals surface area contributed by atoms with Crippen molar-refractivity contribution in [2.75, 3.05) is 21.3 Å². The lowest BCUT2D eigenvalue weighted by Crippen LogP contribution is -2.06. The third-order valence-electron chi connectivity index (χ3n) is 4.67. The standard InChI is InChI=1S/C21H27N3O3/c1-5-6-7-16-14-17(24-20(23-16)10-11-22-24)9-8-15-12-18(25-2)21(27-4)19(13-15)26-3/h10-14H,5-9H2,1-4H3. The van der Waals surface area contributed by atoms with Crippen molar-refractivity contribution in [2.45, 2.75) is 39.0 Å². The molecule has 0 spiro atoms. The molecule has 0 saturated heterocycles. The zero-order chi connectivity index (χ0) is 19.2. The molecule has 27 heavy (non-hydrogen) atoms. The molecule has 0 radical (unpaired) electrons. The minimum absolute atomic E-state index is 0.615. The summed E-state index contributed by atoms with van der Waals surface area (Å²) in [5.74, 6) is 1.97. The molecular formula is C21H27N3O3. The summed E-state index contributed by atoms with van der Waals surface area (Å²) in [7, 11) is 4.89. The summed E-state index contributed by atoms with van der Waals surface area (Å²) >= 11 is 0. The van der Waals surface area contributed by atoms with Gasteiger partial charge in [-0.05, 0) is 49.4 Å². The van der Waals surface area contributed by atoms with Gasteiger partial charge in [-0.15, -0.1) is 0 Å². The Morgan fingerprint density at radius 3 is 2.30 bits per heavy atom. The first kappa shape index (κ1) is 19.0. The minimum atomic E-state index is 0.615. The molecule has 0 aliphatic rings. The van der Waals surface area contributed by atoms with Crippen molar-refractivity contribution in [3.8, 4) is 17.2 Å². The number of methoxy groups -OCH3 is 3. The van der Waals surface area contributed by atoms with Gasteiger partial charge in [0.15, 0.2) is 17.1 Å². The van der Waals surface area contributed by atoms with E-state index in [0.717, 1.165) is 54.7 Å². The lowest BCUT2D eigenvalue weighted by atomic mass is 10.1. The molecule has 0 aliphatic heterocycles. The molecule has 3 rings (SSSR count). The zero-order valence-corrected chi connectivity index (χ0v) is 16.5. The van der Waals surface area contributed by atoms with Crippen molar-refractivity contribution >= 4 is 5.65 Å². The van der Waals surface area contributed by atoms with Gasteiger partial charge in [0.2, 0.25) is 5.75 Å². The Hall–Kier alpha value is -2.76. The average Bonchev–Trinajstić information content (AvgIpc) is 3.18. The first-order chi connectivity index (χ1) is 13.2. The Morgan fingerprint density at radius 2 is 1.67 bits per heavy atom. The third kappa shape index (κ3) is 4.15. The Kier molecular flexibility index (Phi) is 6.16. The second-order valence-corrected chi connectivity index (χ2v) is 6.48. The van der Waals surface area contributed by atoms with Gasteiger partial charge in [-0.2, -0.15) is 5.10 Å². The fraction of sp³-hybridized carbons (Fsp3) is 0.429. The Labute approximate surface area is 160 Å². The molecule has 3 aromatic rings. The van der Waals surface area contributed by atoms with E-state index < -0.39 is 0 Å². The molecule has 6 nitrogen and oxygen atoms in total. The molecule has 2 aromatic heterocycles. The summed E-state index contributed by atoms with van der Waals surface area (Å²) in [5.41, 5.74) is 4.31. The molecule has 2 heterocycles. The Balaban J connectivity index is 1.87. The van der Waals surface area contributed by atoms with E-state index in [1.165, 1.54) is 0 Å². The van der Waals surface area contributed by atoms with E-state index in [1.807, 2.05) is 22.7 Å². The van der Waals surface area contributed by atoms with E-state index >= 15 is 0 Å². The van der Waals surface area contributed by atoms with Crippen molar-refractivity contribution < 1.29 is 14.2 Å². The predicted octanol–water partition coefficient (Wildman–Crippen LogP) is 3.88. The molecule has 0 aliphatic carbocycles. The maximum atomic E-state index is 5.46. The SMILES string of the molecule is CCCCc1cc(CCc2cc(OC)c(OC)c(OC)c2)n2nccc2n1. The summed E-state index contributed by atoms with van der Waals surface area (Å²) in [5, 5.41) is 4.43. The lowest BCUT2D eigenvalue weighted by molar-refractivity contribution is 0.324. The number of hydrogen-bond acceptors (Lipinski definition) is 5. The van der Waals surface area contributed by atoms with Crippen LogP contribution in [0.5, 0.6) is 17.2 Å². The van der Waals surface area contributed by atoms with E-state index in [2.05, 4.69) is 18.1 Å². The predicted molar refractivity (Wildman–Crippen MR) is 105 cm³/mol. The van der Waals surface area contributed by atoms with Crippen LogP contribution in [0.15, 0.2) is 30.5 Å². The molecule has 0 N–H and O–H groups in total. The van der Waals surface area contributed by atoms with Crippen LogP contribution in [0.3, 0.4) is 0 Å². The van der Waals surface area contributed by atoms with Crippen molar-refractivity contribution in [1.29, 1.82) is 0 Å². The summed E-state index contributed by atoms with van der Waals surface area (Å²) in [6, 6.07) is 8.13. The molecule has 0 amide bonds. The molecule has 0 unspecified atom stereocenters. The number of rotatable bonds is 9. The fourth-order valence-electron chi connectivity index (χ4n) is 3.25. The van der Waals surface area contributed by atoms with Gasteiger partial charge in [0.1, 0.15) is 0 Å². The van der Waals surface area contributed by atoms with Crippen LogP contribution in [0.1, 0.15) is 36.7 Å². The monoisotopic (exact) mass is 369 g/mol. The summed E-state index contributed by atoms with van der Waals surface area (Å²) in [6.07, 6.45) is 6.78. The van der Waals surface area contributed by atoms with E-state index in [4.69, 9.17) is 19.2 Å². The number of fused-ring (bicyclic) bond motifs is 1. The number of unbranched alkanes of at least 4 members (excludes halogenated alkanes) is 1. The van der Waals surface area contributed by atoms with Crippen molar-refractivity contribution in [3.63, 3.8) is 0 Å². The largest absolute Gasteiger partial charge is 0.493 e. The molecule has 0 atom stereocenters. The first-order valence-electron chi connectivity index (χ1n) is 9.31. The van der Waals surface area contributed by atoms with E-state index in [1.54, 1.807) is 27.5 Å². The van der Waals surface area contributed by atoms with Gasteiger partial charge in [-0.1, -0.05) is 13.3 Å². The molecule has 6 heteroatoms. The van der Waals surface area contributed by atoms with Crippen LogP contribution in [0.25, 0.3) is 5.65 Å². The topological polar surface area (TPSA) is 57.9 Å². The average molecular weight is 369 g/mol. The van der Waals surface area contributed by atoms with Gasteiger partial charge in [-0.25, -0.2) is 9.50 Å². The van der Waals surface area contributed by atoms with Crippen molar-refractivity contribution in [2.24, 2.45) is 0 Å². The summed E-state index contributed by atoms with van der Waals surface area (Å²) in [4.78, 5) is 4.71. The highest BCUT2D eigenvalue weighted by atomic mass is 16.5. The Bertz CT molecular complexity index is 880. The maximum Gasteiger partial charge on any atom is 0.203 e. The summed E-state index contributed by atoms with van der Waals surface area (Å²) in [6.45, 7) is 2.20. The lowest BCUT2D eigenvalue weighted by Gasteiger charge is -2.14. The van der Waals surface area contributed by atoms with Crippen LogP contribution in [0.2, 0.25) is 0 Å². The number of ether oxygens (including phenoxy) is 3. The fourth-order valence-corrected chi connectivity index (χ4v) is 3.25. The molecule has 0 saturated carbocycles. The quantitative estimate of drug-likeness (QED) is 0.573. The first-order valence-corrected chi connectivity index (χ1v) is 9.31. The molecule has 144 valence electrons. The van der Waals surface area contributed by atoms with E-state index in [9.17, 15) is 0 Å². The van der Waals surface area contributed by atoms with Crippen LogP contribution >= 0.6 is 0 Å². The highest BCUT2D eigenvalue weighted by molar-refractivity contribution is 5.54.